The lowest BCUT2D eigenvalue weighted by molar-refractivity contribution is -0.120. The van der Waals surface area contributed by atoms with Gasteiger partial charge in [-0.15, -0.1) is 0 Å². The SMILES string of the molecule is O=C(NCc1ccc(Cl)c(Cl)c1)C(Cl)(Cl)Cl. The number of halogens is 5. The lowest BCUT2D eigenvalue weighted by Gasteiger charge is -2.11. The molecule has 1 amide bonds. The van der Waals surface area contributed by atoms with E-state index in [0.717, 1.165) is 5.56 Å². The van der Waals surface area contributed by atoms with Crippen LogP contribution < -0.4 is 5.32 Å². The van der Waals surface area contributed by atoms with Gasteiger partial charge < -0.3 is 5.32 Å². The standard InChI is InChI=1S/C9H6Cl5NO/c10-6-2-1-5(3-7(6)11)4-15-8(16)9(12,13)14/h1-3H,4H2,(H,15,16). The van der Waals surface area contributed by atoms with Gasteiger partial charge in [0.05, 0.1) is 10.0 Å². The van der Waals surface area contributed by atoms with Crippen LogP contribution >= 0.6 is 58.0 Å². The third-order valence-electron chi connectivity index (χ3n) is 1.69. The van der Waals surface area contributed by atoms with E-state index in [4.69, 9.17) is 58.0 Å². The second-order valence-electron chi connectivity index (χ2n) is 2.93. The van der Waals surface area contributed by atoms with E-state index in [0.29, 0.717) is 10.0 Å². The number of nitrogens with one attached hydrogen (secondary N) is 1. The number of benzene rings is 1. The summed E-state index contributed by atoms with van der Waals surface area (Å²) in [4.78, 5) is 11.2. The van der Waals surface area contributed by atoms with Gasteiger partial charge in [-0.2, -0.15) is 0 Å². The zero-order valence-electron chi connectivity index (χ0n) is 7.74. The summed E-state index contributed by atoms with van der Waals surface area (Å²) in [5.41, 5.74) is 0.761. The quantitative estimate of drug-likeness (QED) is 0.820. The fraction of sp³-hybridized carbons (Fsp3) is 0.222. The van der Waals surface area contributed by atoms with Crippen molar-refractivity contribution in [2.24, 2.45) is 0 Å². The van der Waals surface area contributed by atoms with Gasteiger partial charge in [0, 0.05) is 6.54 Å². The van der Waals surface area contributed by atoms with Crippen LogP contribution in [0.4, 0.5) is 0 Å². The van der Waals surface area contributed by atoms with E-state index in [1.165, 1.54) is 0 Å². The van der Waals surface area contributed by atoms with Crippen LogP contribution in [0.5, 0.6) is 0 Å². The second kappa shape index (κ2) is 5.65. The number of rotatable bonds is 2. The summed E-state index contributed by atoms with van der Waals surface area (Å²) in [5, 5.41) is 3.30. The molecule has 16 heavy (non-hydrogen) atoms. The molecule has 0 unspecified atom stereocenters. The lowest BCUT2D eigenvalue weighted by atomic mass is 10.2. The lowest BCUT2D eigenvalue weighted by Crippen LogP contribution is -2.33. The van der Waals surface area contributed by atoms with Crippen molar-refractivity contribution in [2.75, 3.05) is 0 Å². The molecule has 0 aliphatic heterocycles. The van der Waals surface area contributed by atoms with Crippen LogP contribution in [0, 0.1) is 0 Å². The van der Waals surface area contributed by atoms with Gasteiger partial charge in [0.15, 0.2) is 0 Å². The predicted molar refractivity (Wildman–Crippen MR) is 68.6 cm³/mol. The molecule has 2 nitrogen and oxygen atoms in total. The first-order valence-corrected chi connectivity index (χ1v) is 5.98. The van der Waals surface area contributed by atoms with Crippen molar-refractivity contribution >= 4 is 63.9 Å². The van der Waals surface area contributed by atoms with E-state index in [1.54, 1.807) is 18.2 Å². The first kappa shape index (κ1) is 14.2. The van der Waals surface area contributed by atoms with Gasteiger partial charge >= 0.3 is 0 Å². The molecule has 1 rings (SSSR count). The molecule has 0 aliphatic rings. The molecule has 0 radical (unpaired) electrons. The number of carbonyl (C=O) groups excluding carboxylic acids is 1. The highest BCUT2D eigenvalue weighted by molar-refractivity contribution is 6.76. The normalized spacial score (nSPS) is 11.3. The van der Waals surface area contributed by atoms with Gasteiger partial charge in [0.1, 0.15) is 0 Å². The van der Waals surface area contributed by atoms with E-state index in [1.807, 2.05) is 0 Å². The molecule has 0 bridgehead atoms. The maximum atomic E-state index is 11.2. The number of hydrogen-bond donors (Lipinski definition) is 1. The Balaban J connectivity index is 2.62. The van der Waals surface area contributed by atoms with Crippen molar-refractivity contribution in [1.29, 1.82) is 0 Å². The van der Waals surface area contributed by atoms with Crippen molar-refractivity contribution < 1.29 is 4.79 Å². The Labute approximate surface area is 118 Å². The third-order valence-corrected chi connectivity index (χ3v) is 2.95. The van der Waals surface area contributed by atoms with Crippen LogP contribution in [-0.4, -0.2) is 9.70 Å². The maximum absolute atomic E-state index is 11.2. The molecule has 0 fully saturated rings. The van der Waals surface area contributed by atoms with Crippen LogP contribution in [0.15, 0.2) is 18.2 Å². The molecule has 1 aromatic carbocycles. The van der Waals surface area contributed by atoms with Crippen LogP contribution in [0.2, 0.25) is 10.0 Å². The molecule has 0 atom stereocenters. The fourth-order valence-corrected chi connectivity index (χ4v) is 1.45. The van der Waals surface area contributed by atoms with Crippen molar-refractivity contribution in [3.8, 4) is 0 Å². The zero-order valence-corrected chi connectivity index (χ0v) is 11.5. The van der Waals surface area contributed by atoms with Crippen molar-refractivity contribution in [2.45, 2.75) is 10.3 Å². The summed E-state index contributed by atoms with van der Waals surface area (Å²) in [5.74, 6) is -0.691. The number of alkyl halides is 3. The molecule has 88 valence electrons. The summed E-state index contributed by atoms with van der Waals surface area (Å²) in [6.45, 7) is 0.212. The van der Waals surface area contributed by atoms with E-state index in [9.17, 15) is 4.79 Å². The van der Waals surface area contributed by atoms with Gasteiger partial charge in [0.2, 0.25) is 0 Å². The Morgan fingerprint density at radius 2 is 1.81 bits per heavy atom. The second-order valence-corrected chi connectivity index (χ2v) is 6.02. The Kier molecular flexibility index (Phi) is 5.02. The Morgan fingerprint density at radius 3 is 2.31 bits per heavy atom. The van der Waals surface area contributed by atoms with Crippen LogP contribution in [0.25, 0.3) is 0 Å². The molecular weight excluding hydrogens is 315 g/mol. The first-order valence-electron chi connectivity index (χ1n) is 4.09. The minimum Gasteiger partial charge on any atom is -0.348 e. The molecule has 7 heteroatoms. The largest absolute Gasteiger partial charge is 0.348 e. The number of hydrogen-bond acceptors (Lipinski definition) is 1. The predicted octanol–water partition coefficient (Wildman–Crippen LogP) is 3.98. The molecule has 0 aliphatic carbocycles. The van der Waals surface area contributed by atoms with Crippen molar-refractivity contribution in [1.82, 2.24) is 5.32 Å². The van der Waals surface area contributed by atoms with Gasteiger partial charge in [-0.05, 0) is 17.7 Å². The van der Waals surface area contributed by atoms with Gasteiger partial charge in [-0.1, -0.05) is 64.1 Å². The van der Waals surface area contributed by atoms with E-state index < -0.39 is 9.70 Å². The molecule has 0 aromatic heterocycles. The third kappa shape index (κ3) is 4.19. The van der Waals surface area contributed by atoms with Crippen molar-refractivity contribution in [3.63, 3.8) is 0 Å². The summed E-state index contributed by atoms with van der Waals surface area (Å²) >= 11 is 27.7. The first-order chi connectivity index (χ1) is 7.30. The van der Waals surface area contributed by atoms with E-state index >= 15 is 0 Å². The highest BCUT2D eigenvalue weighted by atomic mass is 35.6. The summed E-state index contributed by atoms with van der Waals surface area (Å²) < 4.78 is -1.96. The average Bonchev–Trinajstić information content (AvgIpc) is 2.18. The van der Waals surface area contributed by atoms with Crippen LogP contribution in [-0.2, 0) is 11.3 Å². The molecule has 0 spiro atoms. The molecule has 1 aromatic rings. The minimum absolute atomic E-state index is 0.212. The minimum atomic E-state index is -1.96. The summed E-state index contributed by atoms with van der Waals surface area (Å²) in [7, 11) is 0. The van der Waals surface area contributed by atoms with Gasteiger partial charge in [0.25, 0.3) is 9.70 Å². The summed E-state index contributed by atoms with van der Waals surface area (Å²) in [6, 6.07) is 4.97. The highest BCUT2D eigenvalue weighted by Crippen LogP contribution is 2.26. The van der Waals surface area contributed by atoms with Crippen LogP contribution in [0.1, 0.15) is 5.56 Å². The fourth-order valence-electron chi connectivity index (χ4n) is 0.932. The molecule has 1 N–H and O–H groups in total. The smallest absolute Gasteiger partial charge is 0.272 e. The van der Waals surface area contributed by atoms with E-state index in [2.05, 4.69) is 5.32 Å². The highest BCUT2D eigenvalue weighted by Gasteiger charge is 2.30. The number of amides is 1. The Morgan fingerprint density at radius 1 is 1.19 bits per heavy atom. The topological polar surface area (TPSA) is 29.1 Å². The zero-order chi connectivity index (χ0) is 12.3. The Hall–Kier alpha value is 0.140. The monoisotopic (exact) mass is 319 g/mol. The number of carbonyl (C=O) groups is 1. The van der Waals surface area contributed by atoms with Crippen LogP contribution in [0.3, 0.4) is 0 Å². The molecule has 0 saturated carbocycles. The molecule has 0 saturated heterocycles. The van der Waals surface area contributed by atoms with Crippen molar-refractivity contribution in [3.05, 3.63) is 33.8 Å². The molecular formula is C9H6Cl5NO. The Bertz CT molecular complexity index is 401. The average molecular weight is 321 g/mol. The summed E-state index contributed by atoms with van der Waals surface area (Å²) in [6.07, 6.45) is 0. The van der Waals surface area contributed by atoms with Gasteiger partial charge in [-0.3, -0.25) is 4.79 Å². The molecule has 0 heterocycles. The van der Waals surface area contributed by atoms with Gasteiger partial charge in [-0.25, -0.2) is 0 Å². The van der Waals surface area contributed by atoms with E-state index in [-0.39, 0.29) is 6.54 Å². The maximum Gasteiger partial charge on any atom is 0.272 e.